The van der Waals surface area contributed by atoms with Crippen LogP contribution < -0.4 is 9.80 Å². The van der Waals surface area contributed by atoms with E-state index in [0.717, 1.165) is 32.5 Å². The average molecular weight is 334 g/mol. The molecule has 1 aromatic rings. The maximum Gasteiger partial charge on any atom is 0.0948 e. The highest BCUT2D eigenvalue weighted by molar-refractivity contribution is 5.72. The van der Waals surface area contributed by atoms with E-state index in [2.05, 4.69) is 48.0 Å². The van der Waals surface area contributed by atoms with E-state index in [1.807, 2.05) is 0 Å². The van der Waals surface area contributed by atoms with Gasteiger partial charge in [-0.25, -0.2) is 0 Å². The van der Waals surface area contributed by atoms with Crippen molar-refractivity contribution in [3.63, 3.8) is 0 Å². The molecule has 1 N–H and O–H groups in total. The van der Waals surface area contributed by atoms with E-state index in [1.165, 1.54) is 11.4 Å². The molecule has 1 fully saturated rings. The third-order valence-electron chi connectivity index (χ3n) is 4.82. The highest BCUT2D eigenvalue weighted by atomic mass is 16.5. The fourth-order valence-corrected chi connectivity index (χ4v) is 3.74. The SMILES string of the molecule is C[C@@H]1CN(C)c2ccccc2N(C[C@@H](O)COC[C@H]2CCCO2)C1. The Balaban J connectivity index is 1.57. The number of fused-ring (bicyclic) bond motifs is 1. The smallest absolute Gasteiger partial charge is 0.0948 e. The van der Waals surface area contributed by atoms with Gasteiger partial charge < -0.3 is 24.4 Å². The van der Waals surface area contributed by atoms with Crippen LogP contribution in [0, 0.1) is 5.92 Å². The third-order valence-corrected chi connectivity index (χ3v) is 4.82. The number of hydrogen-bond acceptors (Lipinski definition) is 5. The number of para-hydroxylation sites is 2. The summed E-state index contributed by atoms with van der Waals surface area (Å²) < 4.78 is 11.2. The van der Waals surface area contributed by atoms with Crippen LogP contribution in [0.5, 0.6) is 0 Å². The molecule has 3 atom stereocenters. The van der Waals surface area contributed by atoms with Crippen molar-refractivity contribution in [2.24, 2.45) is 5.92 Å². The Bertz CT molecular complexity index is 519. The molecule has 2 aliphatic heterocycles. The highest BCUT2D eigenvalue weighted by Gasteiger charge is 2.24. The molecule has 0 amide bonds. The lowest BCUT2D eigenvalue weighted by molar-refractivity contribution is -0.0150. The molecular formula is C19H30N2O3. The third kappa shape index (κ3) is 4.41. The molecule has 0 saturated carbocycles. The lowest BCUT2D eigenvalue weighted by Gasteiger charge is -2.28. The van der Waals surface area contributed by atoms with Gasteiger partial charge in [-0.3, -0.25) is 0 Å². The first-order valence-electron chi connectivity index (χ1n) is 9.06. The Hall–Kier alpha value is -1.30. The molecule has 1 saturated heterocycles. The molecule has 2 aliphatic rings. The summed E-state index contributed by atoms with van der Waals surface area (Å²) in [5.74, 6) is 0.544. The minimum Gasteiger partial charge on any atom is -0.389 e. The number of hydrogen-bond donors (Lipinski definition) is 1. The van der Waals surface area contributed by atoms with Crippen LogP contribution in [0.1, 0.15) is 19.8 Å². The number of ether oxygens (including phenoxy) is 2. The summed E-state index contributed by atoms with van der Waals surface area (Å²) in [6.45, 7) is 6.63. The Labute approximate surface area is 145 Å². The largest absolute Gasteiger partial charge is 0.389 e. The van der Waals surface area contributed by atoms with Crippen LogP contribution >= 0.6 is 0 Å². The van der Waals surface area contributed by atoms with Crippen molar-refractivity contribution in [1.82, 2.24) is 0 Å². The number of aliphatic hydroxyl groups excluding tert-OH is 1. The van der Waals surface area contributed by atoms with Gasteiger partial charge in [-0.1, -0.05) is 19.1 Å². The van der Waals surface area contributed by atoms with Crippen LogP contribution in [-0.2, 0) is 9.47 Å². The number of benzene rings is 1. The molecule has 2 heterocycles. The van der Waals surface area contributed by atoms with Gasteiger partial charge in [-0.2, -0.15) is 0 Å². The van der Waals surface area contributed by atoms with E-state index in [4.69, 9.17) is 9.47 Å². The Morgan fingerprint density at radius 3 is 2.83 bits per heavy atom. The van der Waals surface area contributed by atoms with E-state index in [0.29, 0.717) is 25.7 Å². The van der Waals surface area contributed by atoms with Crippen molar-refractivity contribution >= 4 is 11.4 Å². The van der Waals surface area contributed by atoms with Gasteiger partial charge in [0.2, 0.25) is 0 Å². The van der Waals surface area contributed by atoms with Crippen LogP contribution in [0.4, 0.5) is 11.4 Å². The van der Waals surface area contributed by atoms with Crippen molar-refractivity contribution in [3.05, 3.63) is 24.3 Å². The van der Waals surface area contributed by atoms with E-state index in [1.54, 1.807) is 0 Å². The topological polar surface area (TPSA) is 45.2 Å². The van der Waals surface area contributed by atoms with Crippen LogP contribution in [0.2, 0.25) is 0 Å². The fraction of sp³-hybridized carbons (Fsp3) is 0.684. The van der Waals surface area contributed by atoms with Gasteiger partial charge >= 0.3 is 0 Å². The van der Waals surface area contributed by atoms with Crippen molar-refractivity contribution < 1.29 is 14.6 Å². The summed E-state index contributed by atoms with van der Waals surface area (Å²) in [6.07, 6.45) is 1.91. The predicted molar refractivity (Wildman–Crippen MR) is 96.9 cm³/mol. The van der Waals surface area contributed by atoms with Crippen LogP contribution in [0.3, 0.4) is 0 Å². The lowest BCUT2D eigenvalue weighted by atomic mass is 10.1. The van der Waals surface area contributed by atoms with Crippen molar-refractivity contribution in [1.29, 1.82) is 0 Å². The maximum absolute atomic E-state index is 10.4. The normalized spacial score (nSPS) is 25.5. The molecule has 3 rings (SSSR count). The molecule has 0 radical (unpaired) electrons. The summed E-state index contributed by atoms with van der Waals surface area (Å²) in [5.41, 5.74) is 2.43. The average Bonchev–Trinajstić information content (AvgIpc) is 3.03. The molecular weight excluding hydrogens is 304 g/mol. The van der Waals surface area contributed by atoms with Gasteiger partial charge in [0.25, 0.3) is 0 Å². The fourth-order valence-electron chi connectivity index (χ4n) is 3.74. The quantitative estimate of drug-likeness (QED) is 0.863. The minimum atomic E-state index is -0.491. The monoisotopic (exact) mass is 334 g/mol. The molecule has 0 bridgehead atoms. The summed E-state index contributed by atoms with van der Waals surface area (Å²) in [7, 11) is 2.14. The van der Waals surface area contributed by atoms with Crippen LogP contribution in [-0.4, -0.2) is 63.8 Å². The molecule has 5 heteroatoms. The van der Waals surface area contributed by atoms with E-state index < -0.39 is 6.10 Å². The Kier molecular flexibility index (Phi) is 5.98. The number of aliphatic hydroxyl groups is 1. The van der Waals surface area contributed by atoms with Gasteiger partial charge in [0.1, 0.15) is 0 Å². The zero-order valence-corrected chi connectivity index (χ0v) is 14.9. The van der Waals surface area contributed by atoms with E-state index >= 15 is 0 Å². The van der Waals surface area contributed by atoms with Gasteiger partial charge in [0, 0.05) is 33.3 Å². The van der Waals surface area contributed by atoms with Gasteiger partial charge in [-0.05, 0) is 30.9 Å². The number of rotatable bonds is 6. The zero-order chi connectivity index (χ0) is 16.9. The van der Waals surface area contributed by atoms with Gasteiger partial charge in [0.05, 0.1) is 36.8 Å². The number of nitrogens with zero attached hydrogens (tertiary/aromatic N) is 2. The summed E-state index contributed by atoms with van der Waals surface area (Å²) in [6, 6.07) is 8.44. The summed E-state index contributed by atoms with van der Waals surface area (Å²) >= 11 is 0. The second-order valence-electron chi connectivity index (χ2n) is 7.21. The van der Waals surface area contributed by atoms with Crippen molar-refractivity contribution in [3.8, 4) is 0 Å². The number of β-amino-alcohol motifs (C(OH)–C–C–N with tert-alkyl or cyclic N) is 1. The maximum atomic E-state index is 10.4. The van der Waals surface area contributed by atoms with Crippen molar-refractivity contribution in [2.75, 3.05) is 56.3 Å². The molecule has 134 valence electrons. The second-order valence-corrected chi connectivity index (χ2v) is 7.21. The lowest BCUT2D eigenvalue weighted by Crippen LogP contribution is -2.38. The van der Waals surface area contributed by atoms with Crippen LogP contribution in [0.15, 0.2) is 24.3 Å². The van der Waals surface area contributed by atoms with E-state index in [-0.39, 0.29) is 6.10 Å². The van der Waals surface area contributed by atoms with Crippen LogP contribution in [0.25, 0.3) is 0 Å². The first-order valence-corrected chi connectivity index (χ1v) is 9.06. The van der Waals surface area contributed by atoms with E-state index in [9.17, 15) is 5.11 Å². The summed E-state index contributed by atoms with van der Waals surface area (Å²) in [5, 5.41) is 10.4. The molecule has 1 aromatic carbocycles. The van der Waals surface area contributed by atoms with Gasteiger partial charge in [0.15, 0.2) is 0 Å². The first kappa shape index (κ1) is 17.5. The first-order chi connectivity index (χ1) is 11.6. The Morgan fingerprint density at radius 1 is 1.29 bits per heavy atom. The Morgan fingerprint density at radius 2 is 2.08 bits per heavy atom. The zero-order valence-electron chi connectivity index (χ0n) is 14.9. The van der Waals surface area contributed by atoms with Gasteiger partial charge in [-0.15, -0.1) is 0 Å². The molecule has 5 nitrogen and oxygen atoms in total. The minimum absolute atomic E-state index is 0.213. The molecule has 0 aromatic heterocycles. The highest BCUT2D eigenvalue weighted by Crippen LogP contribution is 2.32. The summed E-state index contributed by atoms with van der Waals surface area (Å²) in [4.78, 5) is 4.60. The molecule has 0 unspecified atom stereocenters. The molecule has 0 spiro atoms. The molecule has 24 heavy (non-hydrogen) atoms. The molecule has 0 aliphatic carbocycles. The second kappa shape index (κ2) is 8.19. The van der Waals surface area contributed by atoms with Crippen molar-refractivity contribution in [2.45, 2.75) is 32.0 Å². The standard InChI is InChI=1S/C19H30N2O3/c1-15-10-20(2)18-7-3-4-8-19(18)21(11-15)12-16(22)13-23-14-17-6-5-9-24-17/h3-4,7-8,15-17,22H,5-6,9-14H2,1-2H3/t15-,16-,17-/m1/s1. The number of anilines is 2. The predicted octanol–water partition coefficient (Wildman–Crippen LogP) is 2.14.